The fourth-order valence-corrected chi connectivity index (χ4v) is 3.63. The van der Waals surface area contributed by atoms with E-state index in [0.717, 1.165) is 5.56 Å². The minimum atomic E-state index is -1.01. The van der Waals surface area contributed by atoms with Crippen molar-refractivity contribution < 1.29 is 23.4 Å². The number of halogens is 1. The Morgan fingerprint density at radius 1 is 1.30 bits per heavy atom. The van der Waals surface area contributed by atoms with Crippen molar-refractivity contribution in [2.75, 3.05) is 19.8 Å². The molecular weight excluding hydrogens is 301 g/mol. The average molecular weight is 321 g/mol. The van der Waals surface area contributed by atoms with Crippen LogP contribution < -0.4 is 0 Å². The molecule has 3 atom stereocenters. The fourth-order valence-electron chi connectivity index (χ4n) is 3.63. The number of ether oxygens (including phenoxy) is 3. The van der Waals surface area contributed by atoms with Crippen LogP contribution in [-0.4, -0.2) is 48.8 Å². The van der Waals surface area contributed by atoms with Crippen LogP contribution in [0.1, 0.15) is 18.4 Å². The number of carbonyl (C=O) groups excluding carboxylic acids is 1. The van der Waals surface area contributed by atoms with E-state index in [1.807, 2.05) is 30.3 Å². The molecule has 1 aliphatic carbocycles. The SMILES string of the molecule is O=C(OCc1ccccc1)N1CCC2(C[C@H]3[C@H](F)[C@H]31)OCCO2. The van der Waals surface area contributed by atoms with E-state index in [4.69, 9.17) is 14.2 Å². The van der Waals surface area contributed by atoms with Crippen LogP contribution in [0.15, 0.2) is 30.3 Å². The molecule has 0 radical (unpaired) electrons. The zero-order chi connectivity index (χ0) is 15.9. The second-order valence-electron chi connectivity index (χ2n) is 6.39. The smallest absolute Gasteiger partial charge is 0.410 e. The third-order valence-electron chi connectivity index (χ3n) is 4.93. The third kappa shape index (κ3) is 2.81. The van der Waals surface area contributed by atoms with Gasteiger partial charge in [-0.25, -0.2) is 9.18 Å². The van der Waals surface area contributed by atoms with Crippen molar-refractivity contribution in [1.29, 1.82) is 0 Å². The summed E-state index contributed by atoms with van der Waals surface area (Å²) in [5, 5.41) is 0. The lowest BCUT2D eigenvalue weighted by Gasteiger charge is -2.27. The Morgan fingerprint density at radius 2 is 2.04 bits per heavy atom. The predicted molar refractivity (Wildman–Crippen MR) is 79.4 cm³/mol. The summed E-state index contributed by atoms with van der Waals surface area (Å²) in [6, 6.07) is 9.07. The van der Waals surface area contributed by atoms with Gasteiger partial charge in [0.05, 0.1) is 19.3 Å². The van der Waals surface area contributed by atoms with Crippen molar-refractivity contribution in [3.05, 3.63) is 35.9 Å². The topological polar surface area (TPSA) is 48.0 Å². The largest absolute Gasteiger partial charge is 0.445 e. The average Bonchev–Trinajstić information content (AvgIpc) is 2.99. The normalized spacial score (nSPS) is 31.5. The van der Waals surface area contributed by atoms with Gasteiger partial charge < -0.3 is 19.1 Å². The van der Waals surface area contributed by atoms with Crippen LogP contribution in [0, 0.1) is 5.92 Å². The molecule has 2 aliphatic heterocycles. The van der Waals surface area contributed by atoms with Crippen LogP contribution in [0.3, 0.4) is 0 Å². The zero-order valence-electron chi connectivity index (χ0n) is 12.8. The van der Waals surface area contributed by atoms with Gasteiger partial charge in [0.25, 0.3) is 0 Å². The highest BCUT2D eigenvalue weighted by molar-refractivity contribution is 5.69. The van der Waals surface area contributed by atoms with Gasteiger partial charge in [-0.2, -0.15) is 0 Å². The first-order valence-corrected chi connectivity index (χ1v) is 8.08. The maximum Gasteiger partial charge on any atom is 0.410 e. The van der Waals surface area contributed by atoms with E-state index < -0.39 is 24.1 Å². The number of nitrogens with zero attached hydrogens (tertiary/aromatic N) is 1. The molecule has 0 aromatic heterocycles. The molecule has 1 aromatic rings. The second-order valence-corrected chi connectivity index (χ2v) is 6.39. The van der Waals surface area contributed by atoms with Crippen LogP contribution >= 0.6 is 0 Å². The molecule has 2 saturated heterocycles. The van der Waals surface area contributed by atoms with Gasteiger partial charge in [0.15, 0.2) is 5.79 Å². The first kappa shape index (κ1) is 14.9. The number of hydrogen-bond donors (Lipinski definition) is 0. The van der Waals surface area contributed by atoms with E-state index in [0.29, 0.717) is 32.6 Å². The first-order valence-electron chi connectivity index (χ1n) is 8.08. The van der Waals surface area contributed by atoms with Crippen molar-refractivity contribution >= 4 is 6.09 Å². The summed E-state index contributed by atoms with van der Waals surface area (Å²) in [5.41, 5.74) is 0.916. The summed E-state index contributed by atoms with van der Waals surface area (Å²) < 4.78 is 30.9. The molecule has 3 aliphatic rings. The molecule has 3 fully saturated rings. The van der Waals surface area contributed by atoms with E-state index >= 15 is 0 Å². The van der Waals surface area contributed by atoms with Gasteiger partial charge in [0.1, 0.15) is 12.8 Å². The van der Waals surface area contributed by atoms with E-state index in [9.17, 15) is 9.18 Å². The quantitative estimate of drug-likeness (QED) is 0.840. The minimum Gasteiger partial charge on any atom is -0.445 e. The van der Waals surface area contributed by atoms with Gasteiger partial charge in [-0.1, -0.05) is 30.3 Å². The highest BCUT2D eigenvalue weighted by atomic mass is 19.1. The van der Waals surface area contributed by atoms with Gasteiger partial charge in [0.2, 0.25) is 0 Å². The molecular formula is C17H20FNO4. The minimum absolute atomic E-state index is 0.197. The van der Waals surface area contributed by atoms with Crippen molar-refractivity contribution in [2.24, 2.45) is 5.92 Å². The van der Waals surface area contributed by atoms with Gasteiger partial charge in [-0.15, -0.1) is 0 Å². The molecule has 0 N–H and O–H groups in total. The summed E-state index contributed by atoms with van der Waals surface area (Å²) >= 11 is 0. The number of likely N-dealkylation sites (tertiary alicyclic amines) is 1. The van der Waals surface area contributed by atoms with Crippen molar-refractivity contribution in [3.63, 3.8) is 0 Å². The number of benzene rings is 1. The van der Waals surface area contributed by atoms with Gasteiger partial charge in [-0.05, 0) is 5.56 Å². The van der Waals surface area contributed by atoms with Crippen LogP contribution in [0.2, 0.25) is 0 Å². The van der Waals surface area contributed by atoms with Crippen LogP contribution in [0.5, 0.6) is 0 Å². The number of carbonyl (C=O) groups is 1. The molecule has 5 nitrogen and oxygen atoms in total. The standard InChI is InChI=1S/C17H20FNO4/c18-14-13-10-17(22-8-9-23-17)6-7-19(15(13)14)16(20)21-11-12-4-2-1-3-5-12/h1-5,13-15H,6-11H2/t13-,14-,15-/m0/s1. The van der Waals surface area contributed by atoms with Crippen LogP contribution in [0.25, 0.3) is 0 Å². The molecule has 6 heteroatoms. The maximum absolute atomic E-state index is 14.1. The number of rotatable bonds is 2. The van der Waals surface area contributed by atoms with Gasteiger partial charge >= 0.3 is 6.09 Å². The zero-order valence-corrected chi connectivity index (χ0v) is 12.8. The van der Waals surface area contributed by atoms with Gasteiger partial charge in [-0.3, -0.25) is 0 Å². The molecule has 23 heavy (non-hydrogen) atoms. The van der Waals surface area contributed by atoms with Crippen molar-refractivity contribution in [1.82, 2.24) is 4.90 Å². The van der Waals surface area contributed by atoms with Crippen LogP contribution in [-0.2, 0) is 20.8 Å². The summed E-state index contributed by atoms with van der Waals surface area (Å²) in [6.45, 7) is 1.66. The first-order chi connectivity index (χ1) is 11.2. The number of amides is 1. The highest BCUT2D eigenvalue weighted by Gasteiger charge is 2.62. The highest BCUT2D eigenvalue weighted by Crippen LogP contribution is 2.50. The monoisotopic (exact) mass is 321 g/mol. The molecule has 4 rings (SSSR count). The predicted octanol–water partition coefficient (Wildman–Crippen LogP) is 2.50. The summed E-state index contributed by atoms with van der Waals surface area (Å²) in [6.07, 6.45) is -0.391. The number of fused-ring (bicyclic) bond motifs is 1. The summed E-state index contributed by atoms with van der Waals surface area (Å²) in [4.78, 5) is 13.9. The van der Waals surface area contributed by atoms with E-state index in [1.54, 1.807) is 0 Å². The van der Waals surface area contributed by atoms with Crippen molar-refractivity contribution in [3.8, 4) is 0 Å². The van der Waals surface area contributed by atoms with E-state index in [2.05, 4.69) is 0 Å². The van der Waals surface area contributed by atoms with E-state index in [1.165, 1.54) is 4.90 Å². The fraction of sp³-hybridized carbons (Fsp3) is 0.588. The van der Waals surface area contributed by atoms with E-state index in [-0.39, 0.29) is 12.5 Å². The Labute approximate surface area is 134 Å². The molecule has 1 amide bonds. The maximum atomic E-state index is 14.1. The van der Waals surface area contributed by atoms with Gasteiger partial charge in [0, 0.05) is 25.3 Å². The molecule has 1 aromatic carbocycles. The number of alkyl halides is 1. The molecule has 0 unspecified atom stereocenters. The Morgan fingerprint density at radius 3 is 2.78 bits per heavy atom. The molecule has 1 saturated carbocycles. The Balaban J connectivity index is 1.41. The molecule has 2 heterocycles. The van der Waals surface area contributed by atoms with Crippen molar-refractivity contribution in [2.45, 2.75) is 37.4 Å². The lowest BCUT2D eigenvalue weighted by molar-refractivity contribution is -0.168. The lowest BCUT2D eigenvalue weighted by Crippen LogP contribution is -2.38. The molecule has 124 valence electrons. The Bertz CT molecular complexity index is 575. The molecule has 0 bridgehead atoms. The molecule has 1 spiro atoms. The summed E-state index contributed by atoms with van der Waals surface area (Å²) in [5.74, 6) is -0.919. The number of hydrogen-bond acceptors (Lipinski definition) is 4. The Kier molecular flexibility index (Phi) is 3.73. The van der Waals surface area contributed by atoms with Crippen LogP contribution in [0.4, 0.5) is 9.18 Å². The Hall–Kier alpha value is -1.66. The lowest BCUT2D eigenvalue weighted by atomic mass is 10.1. The second kappa shape index (κ2) is 5.76. The third-order valence-corrected chi connectivity index (χ3v) is 4.93. The summed E-state index contributed by atoms with van der Waals surface area (Å²) in [7, 11) is 0.